The highest BCUT2D eigenvalue weighted by atomic mass is 19.4. The van der Waals surface area contributed by atoms with E-state index < -0.39 is 34.3 Å². The number of nitro benzene ring substituents is 1. The van der Waals surface area contributed by atoms with Crippen LogP contribution in [0.25, 0.3) is 22.3 Å². The lowest BCUT2D eigenvalue weighted by Gasteiger charge is -2.17. The molecule has 3 aromatic rings. The fourth-order valence-electron chi connectivity index (χ4n) is 3.53. The summed E-state index contributed by atoms with van der Waals surface area (Å²) in [6.07, 6.45) is -9.95. The summed E-state index contributed by atoms with van der Waals surface area (Å²) in [7, 11) is 0. The molecular weight excluding hydrogens is 490 g/mol. The summed E-state index contributed by atoms with van der Waals surface area (Å²) in [6, 6.07) is 9.59. The number of carbonyl (C=O) groups excluding carboxylic acids is 1. The molecule has 0 aliphatic carbocycles. The first-order valence-electron chi connectivity index (χ1n) is 10.6. The van der Waals surface area contributed by atoms with Gasteiger partial charge in [-0.05, 0) is 47.9 Å². The second kappa shape index (κ2) is 9.63. The van der Waals surface area contributed by atoms with E-state index in [1.807, 2.05) is 0 Å². The molecule has 0 saturated carbocycles. The number of alkyl halides is 6. The van der Waals surface area contributed by atoms with E-state index in [2.05, 4.69) is 5.32 Å². The number of nitro groups is 1. The van der Waals surface area contributed by atoms with Gasteiger partial charge in [0.25, 0.3) is 5.69 Å². The molecule has 190 valence electrons. The Morgan fingerprint density at radius 2 is 1.33 bits per heavy atom. The Bertz CT molecular complexity index is 1280. The van der Waals surface area contributed by atoms with Gasteiger partial charge in [0, 0.05) is 17.5 Å². The molecule has 11 heteroatoms. The number of anilines is 1. The van der Waals surface area contributed by atoms with Gasteiger partial charge >= 0.3 is 12.4 Å². The maximum absolute atomic E-state index is 13.2. The number of halogens is 6. The van der Waals surface area contributed by atoms with Crippen molar-refractivity contribution in [1.82, 2.24) is 0 Å². The fraction of sp³-hybridized carbons (Fsp3) is 0.240. The maximum atomic E-state index is 13.2. The van der Waals surface area contributed by atoms with Crippen LogP contribution in [0.2, 0.25) is 0 Å². The van der Waals surface area contributed by atoms with Gasteiger partial charge in [0.2, 0.25) is 5.91 Å². The van der Waals surface area contributed by atoms with E-state index in [0.717, 1.165) is 0 Å². The lowest BCUT2D eigenvalue weighted by molar-refractivity contribution is -0.385. The van der Waals surface area contributed by atoms with Gasteiger partial charge in [0.1, 0.15) is 0 Å². The molecule has 1 N–H and O–H groups in total. The van der Waals surface area contributed by atoms with Crippen molar-refractivity contribution >= 4 is 17.3 Å². The number of hydrogen-bond donors (Lipinski definition) is 1. The lowest BCUT2D eigenvalue weighted by Crippen LogP contribution is -2.19. The first-order valence-corrected chi connectivity index (χ1v) is 10.6. The fourth-order valence-corrected chi connectivity index (χ4v) is 3.53. The van der Waals surface area contributed by atoms with E-state index in [4.69, 9.17) is 0 Å². The van der Waals surface area contributed by atoms with E-state index in [0.29, 0.717) is 23.3 Å². The van der Waals surface area contributed by atoms with Gasteiger partial charge in [-0.15, -0.1) is 0 Å². The molecule has 0 heterocycles. The average Bonchev–Trinajstić information content (AvgIpc) is 2.78. The molecule has 0 unspecified atom stereocenters. The van der Waals surface area contributed by atoms with E-state index in [-0.39, 0.29) is 40.0 Å². The minimum Gasteiger partial charge on any atom is -0.325 e. The molecule has 0 aliphatic heterocycles. The van der Waals surface area contributed by atoms with Gasteiger partial charge in [-0.2, -0.15) is 26.3 Å². The van der Waals surface area contributed by atoms with E-state index in [1.54, 1.807) is 13.8 Å². The maximum Gasteiger partial charge on any atom is 0.416 e. The third kappa shape index (κ3) is 5.67. The first-order chi connectivity index (χ1) is 16.6. The van der Waals surface area contributed by atoms with Crippen molar-refractivity contribution in [2.75, 3.05) is 5.32 Å². The molecule has 5 nitrogen and oxygen atoms in total. The minimum atomic E-state index is -4.98. The van der Waals surface area contributed by atoms with Crippen LogP contribution in [0.3, 0.4) is 0 Å². The van der Waals surface area contributed by atoms with Crippen molar-refractivity contribution in [1.29, 1.82) is 0 Å². The van der Waals surface area contributed by atoms with Crippen LogP contribution in [0.15, 0.2) is 54.6 Å². The summed E-state index contributed by atoms with van der Waals surface area (Å²) >= 11 is 0. The second-order valence-electron chi connectivity index (χ2n) is 8.41. The summed E-state index contributed by atoms with van der Waals surface area (Å²) in [5.74, 6) is -0.817. The van der Waals surface area contributed by atoms with Gasteiger partial charge in [0.15, 0.2) is 0 Å². The van der Waals surface area contributed by atoms with Crippen molar-refractivity contribution in [3.8, 4) is 22.3 Å². The van der Waals surface area contributed by atoms with Gasteiger partial charge in [-0.1, -0.05) is 38.1 Å². The molecule has 0 spiro atoms. The van der Waals surface area contributed by atoms with Crippen LogP contribution in [0.5, 0.6) is 0 Å². The summed E-state index contributed by atoms with van der Waals surface area (Å²) in [5, 5.41) is 14.0. The Hall–Kier alpha value is -3.89. The van der Waals surface area contributed by atoms with Crippen LogP contribution < -0.4 is 5.32 Å². The highest BCUT2D eigenvalue weighted by Gasteiger charge is 2.37. The number of hydrogen-bond acceptors (Lipinski definition) is 3. The zero-order chi connectivity index (χ0) is 27.0. The zero-order valence-electron chi connectivity index (χ0n) is 19.2. The summed E-state index contributed by atoms with van der Waals surface area (Å²) in [5.41, 5.74) is -2.03. The molecule has 0 aromatic heterocycles. The molecule has 0 saturated heterocycles. The molecule has 0 aliphatic rings. The van der Waals surface area contributed by atoms with Crippen molar-refractivity contribution in [3.05, 3.63) is 81.4 Å². The Labute approximate surface area is 201 Å². The van der Waals surface area contributed by atoms with Gasteiger partial charge in [-0.3, -0.25) is 14.9 Å². The molecule has 0 bridgehead atoms. The number of benzene rings is 3. The number of carbonyl (C=O) groups is 1. The molecular formula is C25H20F6N2O3. The molecule has 0 atom stereocenters. The number of rotatable bonds is 5. The second-order valence-corrected chi connectivity index (χ2v) is 8.41. The quantitative estimate of drug-likeness (QED) is 0.216. The van der Waals surface area contributed by atoms with Crippen LogP contribution in [0.4, 0.5) is 37.7 Å². The van der Waals surface area contributed by atoms with Crippen molar-refractivity contribution in [2.45, 2.75) is 33.1 Å². The number of amides is 1. The van der Waals surface area contributed by atoms with E-state index in [9.17, 15) is 41.3 Å². The van der Waals surface area contributed by atoms with Crippen molar-refractivity contribution < 1.29 is 36.1 Å². The predicted octanol–water partition coefficient (Wildman–Crippen LogP) is 7.87. The highest BCUT2D eigenvalue weighted by Crippen LogP contribution is 2.40. The summed E-state index contributed by atoms with van der Waals surface area (Å²) in [4.78, 5) is 23.1. The SMILES string of the molecule is Cc1c([N+](=O)[O-])ccc(-c2ccc(-c3cc(C(F)(F)F)cc(C(F)(F)F)c3)cc2)c1NC(=O)C(C)C. The predicted molar refractivity (Wildman–Crippen MR) is 122 cm³/mol. The average molecular weight is 510 g/mol. The van der Waals surface area contributed by atoms with Crippen LogP contribution in [0.1, 0.15) is 30.5 Å². The first kappa shape index (κ1) is 26.7. The van der Waals surface area contributed by atoms with Gasteiger partial charge in [-0.25, -0.2) is 0 Å². The highest BCUT2D eigenvalue weighted by molar-refractivity contribution is 5.98. The molecule has 3 rings (SSSR count). The smallest absolute Gasteiger partial charge is 0.325 e. The third-order valence-corrected chi connectivity index (χ3v) is 5.52. The van der Waals surface area contributed by atoms with Gasteiger partial charge in [0.05, 0.1) is 27.3 Å². The molecule has 36 heavy (non-hydrogen) atoms. The van der Waals surface area contributed by atoms with Crippen LogP contribution in [-0.2, 0) is 17.1 Å². The van der Waals surface area contributed by atoms with Crippen LogP contribution in [0, 0.1) is 23.0 Å². The lowest BCUT2D eigenvalue weighted by atomic mass is 9.95. The van der Waals surface area contributed by atoms with E-state index >= 15 is 0 Å². The minimum absolute atomic E-state index is 0.0567. The van der Waals surface area contributed by atoms with Gasteiger partial charge < -0.3 is 5.32 Å². The number of nitrogens with one attached hydrogen (secondary N) is 1. The topological polar surface area (TPSA) is 72.2 Å². The van der Waals surface area contributed by atoms with Crippen LogP contribution >= 0.6 is 0 Å². The monoisotopic (exact) mass is 510 g/mol. The largest absolute Gasteiger partial charge is 0.416 e. The zero-order valence-corrected chi connectivity index (χ0v) is 19.2. The normalized spacial score (nSPS) is 12.1. The number of nitrogens with zero attached hydrogens (tertiary/aromatic N) is 1. The summed E-state index contributed by atoms with van der Waals surface area (Å²) < 4.78 is 79.3. The Kier molecular flexibility index (Phi) is 7.15. The standard InChI is InChI=1S/C25H20F6N2O3/c1-13(2)23(34)32-22-14(3)21(33(35)36)9-8-20(22)16-6-4-15(5-7-16)17-10-18(24(26,27)28)12-19(11-17)25(29,30)31/h4-13H,1-3H3,(H,32,34). The third-order valence-electron chi connectivity index (χ3n) is 5.52. The Balaban J connectivity index is 2.11. The van der Waals surface area contributed by atoms with Crippen molar-refractivity contribution in [3.63, 3.8) is 0 Å². The molecule has 3 aromatic carbocycles. The van der Waals surface area contributed by atoms with Crippen molar-refractivity contribution in [2.24, 2.45) is 5.92 Å². The summed E-state index contributed by atoms with van der Waals surface area (Å²) in [6.45, 7) is 4.74. The molecule has 1 amide bonds. The Morgan fingerprint density at radius 3 is 1.78 bits per heavy atom. The molecule has 0 fully saturated rings. The van der Waals surface area contributed by atoms with E-state index in [1.165, 1.54) is 43.3 Å². The van der Waals surface area contributed by atoms with Crippen LogP contribution in [-0.4, -0.2) is 10.8 Å². The Morgan fingerprint density at radius 1 is 0.833 bits per heavy atom. The molecule has 0 radical (unpaired) electrons.